The number of amides is 1. The van der Waals surface area contributed by atoms with E-state index in [0.29, 0.717) is 16.5 Å². The van der Waals surface area contributed by atoms with E-state index in [-0.39, 0.29) is 23.2 Å². The minimum atomic E-state index is -0.338. The number of hydrazone groups is 1. The number of halogens is 1. The molecule has 0 unspecified atom stereocenters. The van der Waals surface area contributed by atoms with Crippen LogP contribution in [0.5, 0.6) is 11.5 Å². The van der Waals surface area contributed by atoms with Crippen molar-refractivity contribution in [3.05, 3.63) is 77.0 Å². The number of aromatic hydroxyl groups is 2. The lowest BCUT2D eigenvalue weighted by atomic mass is 10.2. The van der Waals surface area contributed by atoms with E-state index in [1.807, 2.05) is 41.0 Å². The first kappa shape index (κ1) is 22.5. The predicted molar refractivity (Wildman–Crippen MR) is 129 cm³/mol. The fourth-order valence-electron chi connectivity index (χ4n) is 2.84. The van der Waals surface area contributed by atoms with Crippen molar-refractivity contribution in [1.29, 1.82) is 0 Å². The van der Waals surface area contributed by atoms with E-state index in [9.17, 15) is 15.0 Å². The molecule has 0 spiro atoms. The summed E-state index contributed by atoms with van der Waals surface area (Å²) in [5, 5.41) is 31.9. The van der Waals surface area contributed by atoms with Crippen molar-refractivity contribution >= 4 is 39.8 Å². The van der Waals surface area contributed by atoms with Crippen LogP contribution in [-0.2, 0) is 4.79 Å². The fraction of sp³-hybridized carbons (Fsp3) is 0.0455. The largest absolute Gasteiger partial charge is 0.504 e. The first-order valence-electron chi connectivity index (χ1n) is 9.60. The van der Waals surface area contributed by atoms with Crippen LogP contribution >= 0.6 is 27.7 Å². The average Bonchev–Trinajstić information content (AvgIpc) is 3.25. The number of nitrogens with zero attached hydrogens (tertiary/aromatic N) is 5. The number of hydrogen-bond donors (Lipinski definition) is 3. The lowest BCUT2D eigenvalue weighted by Gasteiger charge is -2.10. The maximum atomic E-state index is 12.3. The predicted octanol–water partition coefficient (Wildman–Crippen LogP) is 3.75. The molecule has 3 N–H and O–H groups in total. The molecule has 2 heterocycles. The number of phenols is 2. The third-order valence-electron chi connectivity index (χ3n) is 4.39. The van der Waals surface area contributed by atoms with Gasteiger partial charge in [0.1, 0.15) is 0 Å². The van der Waals surface area contributed by atoms with Crippen molar-refractivity contribution < 1.29 is 15.0 Å². The zero-order valence-corrected chi connectivity index (χ0v) is 19.4. The second kappa shape index (κ2) is 10.3. The van der Waals surface area contributed by atoms with Gasteiger partial charge in [-0.25, -0.2) is 5.43 Å². The molecule has 1 amide bonds. The van der Waals surface area contributed by atoms with E-state index in [1.165, 1.54) is 30.1 Å². The molecular formula is C22H17BrN6O3S. The average molecular weight is 525 g/mol. The minimum absolute atomic E-state index is 0.0587. The SMILES string of the molecule is O=C(CSc1nnc(-c2ccncc2)n1-c1ccc(Br)cc1)N/N=C\c1ccc(O)c(O)c1. The van der Waals surface area contributed by atoms with Gasteiger partial charge < -0.3 is 10.2 Å². The zero-order chi connectivity index (χ0) is 23.2. The maximum Gasteiger partial charge on any atom is 0.250 e. The molecule has 0 aliphatic carbocycles. The Balaban J connectivity index is 1.49. The number of rotatable bonds is 7. The Labute approximate surface area is 201 Å². The quantitative estimate of drug-likeness (QED) is 0.145. The number of pyridine rings is 1. The van der Waals surface area contributed by atoms with E-state index in [2.05, 4.69) is 41.6 Å². The Hall–Kier alpha value is -3.70. The molecule has 9 nitrogen and oxygen atoms in total. The van der Waals surface area contributed by atoms with Crippen LogP contribution in [0.15, 0.2) is 81.7 Å². The summed E-state index contributed by atoms with van der Waals surface area (Å²) < 4.78 is 2.82. The van der Waals surface area contributed by atoms with Crippen LogP contribution in [0.25, 0.3) is 17.1 Å². The molecule has 0 saturated heterocycles. The number of carbonyl (C=O) groups excluding carboxylic acids is 1. The molecule has 0 bridgehead atoms. The third-order valence-corrected chi connectivity index (χ3v) is 5.85. The van der Waals surface area contributed by atoms with Crippen molar-refractivity contribution in [3.8, 4) is 28.6 Å². The molecule has 2 aromatic carbocycles. The second-order valence-corrected chi connectivity index (χ2v) is 8.54. The van der Waals surface area contributed by atoms with Gasteiger partial charge in [-0.1, -0.05) is 27.7 Å². The minimum Gasteiger partial charge on any atom is -0.504 e. The van der Waals surface area contributed by atoms with Gasteiger partial charge in [0.25, 0.3) is 5.91 Å². The van der Waals surface area contributed by atoms with E-state index < -0.39 is 0 Å². The van der Waals surface area contributed by atoms with Crippen molar-refractivity contribution in [2.24, 2.45) is 5.10 Å². The molecule has 4 rings (SSSR count). The molecule has 0 atom stereocenters. The van der Waals surface area contributed by atoms with E-state index in [1.54, 1.807) is 18.5 Å². The molecule has 0 radical (unpaired) electrons. The molecule has 166 valence electrons. The lowest BCUT2D eigenvalue weighted by Crippen LogP contribution is -2.20. The van der Waals surface area contributed by atoms with Crippen LogP contribution in [0.2, 0.25) is 0 Å². The van der Waals surface area contributed by atoms with Gasteiger partial charge in [0, 0.05) is 28.1 Å². The number of thioether (sulfide) groups is 1. The van der Waals surface area contributed by atoms with Crippen LogP contribution in [0, 0.1) is 0 Å². The number of nitrogens with one attached hydrogen (secondary N) is 1. The van der Waals surface area contributed by atoms with Crippen LogP contribution in [0.3, 0.4) is 0 Å². The monoisotopic (exact) mass is 524 g/mol. The highest BCUT2D eigenvalue weighted by Gasteiger charge is 2.17. The van der Waals surface area contributed by atoms with E-state index in [0.717, 1.165) is 15.7 Å². The number of phenolic OH excluding ortho intramolecular Hbond substituents is 2. The summed E-state index contributed by atoms with van der Waals surface area (Å²) in [6.07, 6.45) is 4.73. The van der Waals surface area contributed by atoms with Gasteiger partial charge in [-0.15, -0.1) is 10.2 Å². The van der Waals surface area contributed by atoms with Crippen molar-refractivity contribution in [3.63, 3.8) is 0 Å². The van der Waals surface area contributed by atoms with Gasteiger partial charge >= 0.3 is 0 Å². The van der Waals surface area contributed by atoms with Gasteiger partial charge in [0.15, 0.2) is 22.5 Å². The van der Waals surface area contributed by atoms with Crippen LogP contribution in [-0.4, -0.2) is 47.8 Å². The summed E-state index contributed by atoms with van der Waals surface area (Å²) >= 11 is 4.67. The molecule has 0 aliphatic heterocycles. The summed E-state index contributed by atoms with van der Waals surface area (Å²) in [5.41, 5.74) is 4.65. The standard InChI is InChI=1S/C22H17BrN6O3S/c23-16-2-4-17(5-3-16)29-21(15-7-9-24-10-8-15)27-28-22(29)33-13-20(32)26-25-12-14-1-6-18(30)19(31)11-14/h1-12,30-31H,13H2,(H,26,32)/b25-12-. The maximum absolute atomic E-state index is 12.3. The van der Waals surface area contributed by atoms with Gasteiger partial charge in [0.2, 0.25) is 0 Å². The summed E-state index contributed by atoms with van der Waals surface area (Å²) in [4.78, 5) is 16.3. The Morgan fingerprint density at radius 1 is 1.06 bits per heavy atom. The molecule has 4 aromatic rings. The number of benzene rings is 2. The summed E-state index contributed by atoms with van der Waals surface area (Å²) in [6.45, 7) is 0. The normalized spacial score (nSPS) is 11.1. The van der Waals surface area contributed by atoms with Gasteiger partial charge in [0.05, 0.1) is 12.0 Å². The molecule has 0 aliphatic rings. The van der Waals surface area contributed by atoms with Crippen molar-refractivity contribution in [2.45, 2.75) is 5.16 Å². The Morgan fingerprint density at radius 2 is 1.82 bits per heavy atom. The van der Waals surface area contributed by atoms with Crippen molar-refractivity contribution in [1.82, 2.24) is 25.2 Å². The Kier molecular flexibility index (Phi) is 7.01. The number of hydrogen-bond acceptors (Lipinski definition) is 8. The van der Waals surface area contributed by atoms with Crippen LogP contribution in [0.4, 0.5) is 0 Å². The van der Waals surface area contributed by atoms with Gasteiger partial charge in [-0.3, -0.25) is 14.3 Å². The summed E-state index contributed by atoms with van der Waals surface area (Å²) in [7, 11) is 0. The van der Waals surface area contributed by atoms with Crippen molar-refractivity contribution in [2.75, 3.05) is 5.75 Å². The number of aromatic nitrogens is 4. The topological polar surface area (TPSA) is 126 Å². The van der Waals surface area contributed by atoms with E-state index in [4.69, 9.17) is 0 Å². The van der Waals surface area contributed by atoms with E-state index >= 15 is 0 Å². The first-order valence-corrected chi connectivity index (χ1v) is 11.4. The first-order chi connectivity index (χ1) is 16.0. The lowest BCUT2D eigenvalue weighted by molar-refractivity contribution is -0.118. The van der Waals surface area contributed by atoms with Crippen LogP contribution in [0.1, 0.15) is 5.56 Å². The highest BCUT2D eigenvalue weighted by molar-refractivity contribution is 9.10. The second-order valence-electron chi connectivity index (χ2n) is 6.68. The summed E-state index contributed by atoms with van der Waals surface area (Å²) in [6, 6.07) is 15.6. The summed E-state index contributed by atoms with van der Waals surface area (Å²) in [5.74, 6) is -0.141. The molecule has 11 heteroatoms. The van der Waals surface area contributed by atoms with Gasteiger partial charge in [-0.2, -0.15) is 5.10 Å². The molecule has 33 heavy (non-hydrogen) atoms. The third kappa shape index (κ3) is 5.57. The van der Waals surface area contributed by atoms with Crippen LogP contribution < -0.4 is 5.43 Å². The molecular weight excluding hydrogens is 508 g/mol. The molecule has 0 saturated carbocycles. The number of carbonyl (C=O) groups is 1. The fourth-order valence-corrected chi connectivity index (χ4v) is 3.84. The Morgan fingerprint density at radius 3 is 2.55 bits per heavy atom. The Bertz CT molecular complexity index is 1300. The molecule has 0 fully saturated rings. The highest BCUT2D eigenvalue weighted by atomic mass is 79.9. The zero-order valence-electron chi connectivity index (χ0n) is 17.0. The molecule has 2 aromatic heterocycles. The highest BCUT2D eigenvalue weighted by Crippen LogP contribution is 2.28. The smallest absolute Gasteiger partial charge is 0.250 e. The van der Waals surface area contributed by atoms with Gasteiger partial charge in [-0.05, 0) is 60.2 Å².